The Bertz CT molecular complexity index is 5260. The second-order valence-electron chi connectivity index (χ2n) is 32.8. The minimum Gasteiger partial charge on any atom is -0.444 e. The van der Waals surface area contributed by atoms with E-state index in [0.29, 0.717) is 71.3 Å². The zero-order chi connectivity index (χ0) is 80.6. The highest BCUT2D eigenvalue weighted by molar-refractivity contribution is 9.10. The summed E-state index contributed by atoms with van der Waals surface area (Å²) in [5, 5.41) is 4.08. The summed E-state index contributed by atoms with van der Waals surface area (Å²) in [6, 6.07) is 36.8. The van der Waals surface area contributed by atoms with Crippen LogP contribution in [0.25, 0.3) is 55.0 Å². The van der Waals surface area contributed by atoms with Gasteiger partial charge in [-0.3, -0.25) is 19.2 Å². The Morgan fingerprint density at radius 3 is 1.22 bits per heavy atom. The summed E-state index contributed by atoms with van der Waals surface area (Å²) in [6.45, 7) is 37.7. The molecule has 0 aliphatic carbocycles. The van der Waals surface area contributed by atoms with Gasteiger partial charge in [0, 0.05) is 93.7 Å². The van der Waals surface area contributed by atoms with Crippen molar-refractivity contribution in [3.8, 4) is 11.4 Å². The minimum atomic E-state index is -0.561. The number of carbonyl (C=O) groups is 2. The van der Waals surface area contributed by atoms with Crippen LogP contribution in [0.4, 0.5) is 21.2 Å². The molecule has 0 saturated carbocycles. The summed E-state index contributed by atoms with van der Waals surface area (Å²) in [6.07, 6.45) is 0.687. The van der Waals surface area contributed by atoms with Gasteiger partial charge in [-0.15, -0.1) is 0 Å². The fraction of sp³-hybridized carbons (Fsp3) is 0.465. The van der Waals surface area contributed by atoms with Crippen LogP contribution in [0.5, 0.6) is 0 Å². The molecule has 0 spiro atoms. The highest BCUT2D eigenvalue weighted by Gasteiger charge is 2.53. The number of hydrogen-bond donors (Lipinski definition) is 4. The molecule has 6 aromatic heterocycles. The van der Waals surface area contributed by atoms with Crippen LogP contribution in [0.2, 0.25) is 5.28 Å². The number of morpholine rings is 2. The van der Waals surface area contributed by atoms with Crippen LogP contribution in [-0.2, 0) is 63.5 Å². The molecule has 2 amide bonds. The van der Waals surface area contributed by atoms with Gasteiger partial charge in [0.25, 0.3) is 0 Å². The number of ether oxygens (including phenoxy) is 4. The molecule has 116 heavy (non-hydrogen) atoms. The molecule has 2 atom stereocenters. The summed E-state index contributed by atoms with van der Waals surface area (Å²) in [4.78, 5) is 108. The second kappa shape index (κ2) is 37.1. The predicted molar refractivity (Wildman–Crippen MR) is 468 cm³/mol. The Labute approximate surface area is 693 Å². The third-order valence-corrected chi connectivity index (χ3v) is 21.5. The molecule has 0 unspecified atom stereocenters. The largest absolute Gasteiger partial charge is 0.494 e. The van der Waals surface area contributed by atoms with E-state index in [9.17, 15) is 28.8 Å². The van der Waals surface area contributed by atoms with Crippen LogP contribution >= 0.6 is 27.5 Å². The lowest BCUT2D eigenvalue weighted by Gasteiger charge is -2.38. The van der Waals surface area contributed by atoms with Crippen LogP contribution in [0.3, 0.4) is 0 Å². The number of nitrogens with one attached hydrogen (secondary N) is 4. The van der Waals surface area contributed by atoms with Gasteiger partial charge in [0.2, 0.25) is 27.5 Å². The van der Waals surface area contributed by atoms with E-state index in [2.05, 4.69) is 69.5 Å². The number of aromatic nitrogens is 8. The first kappa shape index (κ1) is 92.2. The van der Waals surface area contributed by atoms with Gasteiger partial charge in [-0.25, -0.2) is 29.5 Å². The number of benzene rings is 4. The van der Waals surface area contributed by atoms with E-state index < -0.39 is 11.2 Å². The second-order valence-corrected chi connectivity index (χ2v) is 34.0. The van der Waals surface area contributed by atoms with E-state index in [-0.39, 0.29) is 118 Å². The molecule has 16 rings (SSSR count). The first-order valence-corrected chi connectivity index (χ1v) is 38.9. The van der Waals surface area contributed by atoms with Crippen LogP contribution in [0.1, 0.15) is 163 Å². The van der Waals surface area contributed by atoms with E-state index in [1.54, 1.807) is 21.9 Å². The number of anilines is 2. The summed E-state index contributed by atoms with van der Waals surface area (Å²) in [5.41, 5.74) is 6.94. The summed E-state index contributed by atoms with van der Waals surface area (Å²) >= 11 is 9.53. The molecule has 30 heteroatoms. The fourth-order valence-electron chi connectivity index (χ4n) is 13.5. The van der Waals surface area contributed by atoms with Crippen molar-refractivity contribution >= 4 is 120 Å². The van der Waals surface area contributed by atoms with Gasteiger partial charge < -0.3 is 77.1 Å². The van der Waals surface area contributed by atoms with Crippen molar-refractivity contribution in [2.75, 3.05) is 62.4 Å². The molecular weight excluding hydrogens is 1560 g/mol. The number of aromatic amines is 4. The van der Waals surface area contributed by atoms with Gasteiger partial charge in [0.05, 0.1) is 85.4 Å². The molecule has 4 fully saturated rings. The van der Waals surface area contributed by atoms with Gasteiger partial charge in [0.15, 0.2) is 5.82 Å². The maximum atomic E-state index is 12.8. The summed E-state index contributed by atoms with van der Waals surface area (Å²) < 4.78 is 47.4. The molecule has 4 N–H and O–H groups in total. The van der Waals surface area contributed by atoms with E-state index >= 15 is 0 Å². The van der Waals surface area contributed by atoms with Crippen LogP contribution in [0.15, 0.2) is 145 Å². The lowest BCUT2D eigenvalue weighted by atomic mass is 9.78. The van der Waals surface area contributed by atoms with Crippen molar-refractivity contribution in [3.63, 3.8) is 0 Å². The lowest BCUT2D eigenvalue weighted by molar-refractivity contribution is 0.00578. The fourth-order valence-corrected chi connectivity index (χ4v) is 14.0. The summed E-state index contributed by atoms with van der Waals surface area (Å²) in [5.74, 6) is 2.37. The molecule has 26 nitrogen and oxygen atoms in total. The molecule has 12 heterocycles. The van der Waals surface area contributed by atoms with E-state index in [1.165, 1.54) is 24.3 Å². The van der Waals surface area contributed by atoms with Gasteiger partial charge in [-0.1, -0.05) is 69.9 Å². The number of halogens is 2. The van der Waals surface area contributed by atoms with Crippen molar-refractivity contribution < 1.29 is 47.2 Å². The average Bonchev–Trinajstić information content (AvgIpc) is 1.52. The van der Waals surface area contributed by atoms with Gasteiger partial charge in [-0.05, 0) is 240 Å². The molecule has 4 aromatic carbocycles. The quantitative estimate of drug-likeness (QED) is 0.0919. The smallest absolute Gasteiger partial charge is 0.444 e. The molecule has 6 aliphatic heterocycles. The number of amides is 2. The van der Waals surface area contributed by atoms with E-state index in [1.807, 2.05) is 182 Å². The van der Waals surface area contributed by atoms with Crippen LogP contribution < -0.4 is 43.0 Å². The Balaban J connectivity index is 0.000000186. The number of fused-ring (bicyclic) bond motifs is 6. The van der Waals surface area contributed by atoms with Crippen molar-refractivity contribution in [1.29, 1.82) is 0 Å². The number of carbonyl (C=O) groups excluding carboxylic acids is 2. The van der Waals surface area contributed by atoms with Crippen molar-refractivity contribution in [3.05, 3.63) is 195 Å². The van der Waals surface area contributed by atoms with Gasteiger partial charge in [0.1, 0.15) is 22.8 Å². The highest BCUT2D eigenvalue weighted by Crippen LogP contribution is 2.39. The van der Waals surface area contributed by atoms with Crippen LogP contribution in [-0.4, -0.2) is 174 Å². The van der Waals surface area contributed by atoms with Crippen molar-refractivity contribution in [1.82, 2.24) is 49.7 Å². The Kier molecular flexibility index (Phi) is 29.5. The predicted octanol–water partition coefficient (Wildman–Crippen LogP) is 14.6. The van der Waals surface area contributed by atoms with Crippen LogP contribution in [0, 0.1) is 0 Å². The monoisotopic (exact) mass is 1670 g/mol. The average molecular weight is 1680 g/mol. The van der Waals surface area contributed by atoms with E-state index in [4.69, 9.17) is 59.1 Å². The number of rotatable bonds is 5. The molecule has 622 valence electrons. The van der Waals surface area contributed by atoms with Gasteiger partial charge >= 0.3 is 26.4 Å². The van der Waals surface area contributed by atoms with Crippen molar-refractivity contribution in [2.45, 2.75) is 212 Å². The Hall–Kier alpha value is -9.32. The molecule has 10 aromatic rings. The van der Waals surface area contributed by atoms with Gasteiger partial charge in [-0.2, -0.15) is 0 Å². The third kappa shape index (κ3) is 21.9. The van der Waals surface area contributed by atoms with E-state index in [0.717, 1.165) is 112 Å². The topological polar surface area (TPSA) is 304 Å². The maximum Gasteiger partial charge on any atom is 0.494 e. The molecule has 6 aliphatic rings. The first-order valence-electron chi connectivity index (χ1n) is 37.7. The minimum absolute atomic E-state index is 0. The Morgan fingerprint density at radius 1 is 0.474 bits per heavy atom. The molecule has 0 radical (unpaired) electrons. The lowest BCUT2D eigenvalue weighted by Crippen LogP contribution is -2.46. The zero-order valence-corrected chi connectivity index (χ0v) is 68.7. The normalized spacial score (nSPS) is 18.3. The first-order chi connectivity index (χ1) is 52.7. The SMILES string of the molecule is C.C.C.C.CC1(C)OB(c2ccc3[nH]c(=O)ccc3c2)OC1(C)C.CC1(C)OB(c2ccc3[nH]c(=O)ccc3c2)OC1(C)C.C[C@H]1COCCN1c1nc(-c2ccc3[nH]c(=O)ccc3c2)nc2c1CCN(C(=O)OC(C)(C)C)C2.C[C@H]1COCCN1c1nc(Cl)nc2c1CCN(C(=O)OC(C)(C)C)C2.O=c1ccc2cc(Br)ccc2[nH]1. The standard InChI is InChI=1S/C26H31N5O4.C17H25ClN4O3.2C15H18BNO3.C9H6BrNO.4CH4/c1-16-15-34-12-11-31(16)24-19-9-10-30(25(33)35-26(2,3)4)14-21(19)28-23(29-24)18-5-7-20-17(13-18)6-8-22(32)27-20;1-11-10-24-8-7-22(11)14-12-5-6-21(16(23)25-17(2,3)4)9-13(12)19-15(18)20-14;2*1-14(2)15(3,4)20-16(19-14)11-6-7-12-10(9-11)5-8-13(18)17-12;10-7-2-3-8-6(5-7)1-4-9(12)11-8;;;;/h5-8,13,16H,9-12,14-15H2,1-4H3,(H,27,32);11H,5-10H2,1-4H3;2*5-9H,1-4H3,(H,17,18);1-5H,(H,11,12);4*1H4/t16-;11-;;;;;;;/m00......./s1. The summed E-state index contributed by atoms with van der Waals surface area (Å²) in [7, 11) is -0.757. The molecular formula is C86H114B2BrClN12O14. The number of pyridine rings is 4. The zero-order valence-electron chi connectivity index (χ0n) is 66.4. The number of hydrogen-bond acceptors (Lipinski definition) is 20. The third-order valence-electron chi connectivity index (χ3n) is 20.9. The van der Waals surface area contributed by atoms with Crippen molar-refractivity contribution in [2.24, 2.45) is 0 Å². The molecule has 4 saturated heterocycles. The highest BCUT2D eigenvalue weighted by atomic mass is 79.9. The number of H-pyrrole nitrogens is 4. The number of nitrogens with zero attached hydrogens (tertiary/aromatic N) is 8. The Morgan fingerprint density at radius 2 is 0.828 bits per heavy atom. The maximum absolute atomic E-state index is 12.8. The molecule has 0 bridgehead atoms.